The summed E-state index contributed by atoms with van der Waals surface area (Å²) >= 11 is 1.32. The Hall–Kier alpha value is -1.89. The van der Waals surface area contributed by atoms with Gasteiger partial charge >= 0.3 is 0 Å². The molecule has 0 aliphatic heterocycles. The molecule has 0 bridgehead atoms. The number of aryl methyl sites for hydroxylation is 2. The molecule has 0 spiro atoms. The van der Waals surface area contributed by atoms with Gasteiger partial charge < -0.3 is 15.5 Å². The first-order valence-corrected chi connectivity index (χ1v) is 6.32. The lowest BCUT2D eigenvalue weighted by Crippen LogP contribution is -2.24. The van der Waals surface area contributed by atoms with Gasteiger partial charge in [0, 0.05) is 5.38 Å². The predicted octanol–water partition coefficient (Wildman–Crippen LogP) is 1.19. The minimum absolute atomic E-state index is 0.131. The smallest absolute Gasteiger partial charge is 0.226 e. The average Bonchev–Trinajstić information content (AvgIpc) is 2.84. The van der Waals surface area contributed by atoms with Gasteiger partial charge in [-0.3, -0.25) is 4.79 Å². The van der Waals surface area contributed by atoms with Crippen LogP contribution in [-0.2, 0) is 17.8 Å². The van der Waals surface area contributed by atoms with Crippen molar-refractivity contribution in [3.05, 3.63) is 28.4 Å². The van der Waals surface area contributed by atoms with Gasteiger partial charge in [-0.05, 0) is 13.8 Å². The lowest BCUT2D eigenvalue weighted by molar-refractivity contribution is -0.120. The summed E-state index contributed by atoms with van der Waals surface area (Å²) in [7, 11) is 0. The summed E-state index contributed by atoms with van der Waals surface area (Å²) in [6.07, 6.45) is 0.215. The molecule has 2 aromatic heterocycles. The Morgan fingerprint density at radius 3 is 2.83 bits per heavy atom. The fraction of sp³-hybridized carbons (Fsp3) is 0.364. The third-order valence-corrected chi connectivity index (χ3v) is 3.14. The van der Waals surface area contributed by atoms with Crippen LogP contribution in [0.15, 0.2) is 9.80 Å². The number of carbonyl (C=O) groups excluding carboxylic acids is 1. The van der Waals surface area contributed by atoms with Gasteiger partial charge in [-0.1, -0.05) is 0 Å². The first kappa shape index (κ1) is 12.6. The quantitative estimate of drug-likeness (QED) is 0.866. The highest BCUT2D eigenvalue weighted by molar-refractivity contribution is 7.13. The van der Waals surface area contributed by atoms with Gasteiger partial charge in [-0.2, -0.15) is 0 Å². The molecule has 3 N–H and O–H groups in total. The van der Waals surface area contributed by atoms with E-state index in [4.69, 9.17) is 10.2 Å². The van der Waals surface area contributed by atoms with Gasteiger partial charge in [-0.15, -0.1) is 11.3 Å². The zero-order valence-electron chi connectivity index (χ0n) is 10.2. The normalized spacial score (nSPS) is 10.6. The third kappa shape index (κ3) is 3.07. The molecule has 96 valence electrons. The SMILES string of the molecule is Cc1nc(CNC(=O)Cc2csc(N)n2)oc1C. The molecular weight excluding hydrogens is 252 g/mol. The third-order valence-electron chi connectivity index (χ3n) is 2.42. The number of anilines is 1. The fourth-order valence-electron chi connectivity index (χ4n) is 1.42. The molecule has 0 aliphatic carbocycles. The van der Waals surface area contributed by atoms with Crippen LogP contribution >= 0.6 is 11.3 Å². The summed E-state index contributed by atoms with van der Waals surface area (Å²) in [4.78, 5) is 19.8. The van der Waals surface area contributed by atoms with E-state index in [-0.39, 0.29) is 18.9 Å². The molecule has 2 rings (SSSR count). The molecule has 2 heterocycles. The van der Waals surface area contributed by atoms with Crippen LogP contribution in [0.2, 0.25) is 0 Å². The fourth-order valence-corrected chi connectivity index (χ4v) is 1.98. The van der Waals surface area contributed by atoms with Crippen LogP contribution in [0.25, 0.3) is 0 Å². The molecule has 0 aliphatic rings. The molecule has 18 heavy (non-hydrogen) atoms. The summed E-state index contributed by atoms with van der Waals surface area (Å²) in [5, 5.41) is 4.97. The Labute approximate surface area is 108 Å². The van der Waals surface area contributed by atoms with Crippen LogP contribution in [0.1, 0.15) is 23.0 Å². The Morgan fingerprint density at radius 1 is 1.50 bits per heavy atom. The number of rotatable bonds is 4. The first-order valence-electron chi connectivity index (χ1n) is 5.44. The zero-order valence-corrected chi connectivity index (χ0v) is 11.0. The van der Waals surface area contributed by atoms with E-state index in [0.29, 0.717) is 16.7 Å². The van der Waals surface area contributed by atoms with Crippen LogP contribution in [0.3, 0.4) is 0 Å². The lowest BCUT2D eigenvalue weighted by atomic mass is 10.3. The van der Waals surface area contributed by atoms with E-state index < -0.39 is 0 Å². The van der Waals surface area contributed by atoms with Crippen molar-refractivity contribution in [3.8, 4) is 0 Å². The molecule has 0 atom stereocenters. The maximum atomic E-state index is 11.6. The number of nitrogens with two attached hydrogens (primary N) is 1. The summed E-state index contributed by atoms with van der Waals surface area (Å²) in [5.74, 6) is 1.15. The van der Waals surface area contributed by atoms with Gasteiger partial charge in [-0.25, -0.2) is 9.97 Å². The molecule has 0 saturated carbocycles. The maximum Gasteiger partial charge on any atom is 0.226 e. The number of nitrogen functional groups attached to an aromatic ring is 1. The molecule has 7 heteroatoms. The second-order valence-corrected chi connectivity index (χ2v) is 4.77. The Morgan fingerprint density at radius 2 is 2.28 bits per heavy atom. The van der Waals surface area contributed by atoms with Gasteiger partial charge in [0.2, 0.25) is 11.8 Å². The van der Waals surface area contributed by atoms with Crippen LogP contribution in [-0.4, -0.2) is 15.9 Å². The standard InChI is InChI=1S/C11H14N4O2S/c1-6-7(2)17-10(14-6)4-13-9(16)3-8-5-18-11(12)15-8/h5H,3-4H2,1-2H3,(H2,12,15)(H,13,16). The number of aromatic nitrogens is 2. The van der Waals surface area contributed by atoms with Crippen molar-refractivity contribution in [3.63, 3.8) is 0 Å². The van der Waals surface area contributed by atoms with Gasteiger partial charge in [0.25, 0.3) is 0 Å². The Balaban J connectivity index is 1.85. The summed E-state index contributed by atoms with van der Waals surface area (Å²) < 4.78 is 5.36. The van der Waals surface area contributed by atoms with Crippen molar-refractivity contribution in [2.45, 2.75) is 26.8 Å². The van der Waals surface area contributed by atoms with Crippen molar-refractivity contribution < 1.29 is 9.21 Å². The predicted molar refractivity (Wildman–Crippen MR) is 68.1 cm³/mol. The minimum atomic E-state index is -0.131. The summed E-state index contributed by atoms with van der Waals surface area (Å²) in [6, 6.07) is 0. The summed E-state index contributed by atoms with van der Waals surface area (Å²) in [6.45, 7) is 3.99. The summed E-state index contributed by atoms with van der Waals surface area (Å²) in [5.41, 5.74) is 7.00. The van der Waals surface area contributed by atoms with E-state index in [9.17, 15) is 4.79 Å². The molecule has 0 fully saturated rings. The van der Waals surface area contributed by atoms with Crippen molar-refractivity contribution in [2.75, 3.05) is 5.73 Å². The number of amides is 1. The Bertz CT molecular complexity index is 542. The van der Waals surface area contributed by atoms with E-state index >= 15 is 0 Å². The van der Waals surface area contributed by atoms with Crippen molar-refractivity contribution in [2.24, 2.45) is 0 Å². The molecule has 2 aromatic rings. The van der Waals surface area contributed by atoms with E-state index in [2.05, 4.69) is 15.3 Å². The number of hydrogen-bond donors (Lipinski definition) is 2. The minimum Gasteiger partial charge on any atom is -0.444 e. The number of hydrogen-bond acceptors (Lipinski definition) is 6. The average molecular weight is 266 g/mol. The van der Waals surface area contributed by atoms with Gasteiger partial charge in [0.15, 0.2) is 5.13 Å². The second-order valence-electron chi connectivity index (χ2n) is 3.88. The maximum absolute atomic E-state index is 11.6. The van der Waals surface area contributed by atoms with Crippen LogP contribution in [0.5, 0.6) is 0 Å². The van der Waals surface area contributed by atoms with Crippen LogP contribution in [0.4, 0.5) is 5.13 Å². The number of nitrogens with one attached hydrogen (secondary N) is 1. The molecule has 1 amide bonds. The molecule has 0 saturated heterocycles. The molecule has 6 nitrogen and oxygen atoms in total. The Kier molecular flexibility index (Phi) is 3.61. The number of oxazole rings is 1. The lowest BCUT2D eigenvalue weighted by Gasteiger charge is -2.00. The zero-order chi connectivity index (χ0) is 13.1. The van der Waals surface area contributed by atoms with Crippen molar-refractivity contribution in [1.29, 1.82) is 0 Å². The molecule has 0 unspecified atom stereocenters. The van der Waals surface area contributed by atoms with Gasteiger partial charge in [0.05, 0.1) is 24.4 Å². The number of thiazole rings is 1. The number of carbonyl (C=O) groups is 1. The highest BCUT2D eigenvalue weighted by Crippen LogP contribution is 2.11. The monoisotopic (exact) mass is 266 g/mol. The van der Waals surface area contributed by atoms with Crippen molar-refractivity contribution >= 4 is 22.4 Å². The van der Waals surface area contributed by atoms with Crippen LogP contribution in [0, 0.1) is 13.8 Å². The highest BCUT2D eigenvalue weighted by atomic mass is 32.1. The first-order chi connectivity index (χ1) is 8.54. The van der Waals surface area contributed by atoms with Gasteiger partial charge in [0.1, 0.15) is 5.76 Å². The van der Waals surface area contributed by atoms with E-state index in [0.717, 1.165) is 11.5 Å². The van der Waals surface area contributed by atoms with Crippen LogP contribution < -0.4 is 11.1 Å². The largest absolute Gasteiger partial charge is 0.444 e. The second kappa shape index (κ2) is 5.18. The van der Waals surface area contributed by atoms with Crippen molar-refractivity contribution in [1.82, 2.24) is 15.3 Å². The van der Waals surface area contributed by atoms with E-state index in [1.807, 2.05) is 13.8 Å². The molecule has 0 radical (unpaired) electrons. The van der Waals surface area contributed by atoms with E-state index in [1.54, 1.807) is 5.38 Å². The topological polar surface area (TPSA) is 94.0 Å². The highest BCUT2D eigenvalue weighted by Gasteiger charge is 2.09. The number of nitrogens with zero attached hydrogens (tertiary/aromatic N) is 2. The molecule has 0 aromatic carbocycles. The van der Waals surface area contributed by atoms with E-state index in [1.165, 1.54) is 11.3 Å². The molecular formula is C11H14N4O2S.